The molecule has 0 fully saturated rings. The molecule has 0 saturated carbocycles. The summed E-state index contributed by atoms with van der Waals surface area (Å²) in [5, 5.41) is 4.49. The number of hydrogen-bond donors (Lipinski definition) is 0. The van der Waals surface area contributed by atoms with Gasteiger partial charge in [-0.25, -0.2) is 0 Å². The third-order valence-corrected chi connectivity index (χ3v) is 7.00. The zero-order valence-corrected chi connectivity index (χ0v) is 16.8. The summed E-state index contributed by atoms with van der Waals surface area (Å²) in [7, 11) is 0. The number of Topliss-reactive ketones (excluding diaryl/α,β-unsaturated/α-hetero) is 1. The number of fused-ring (bicyclic) bond motifs is 1. The van der Waals surface area contributed by atoms with Crippen molar-refractivity contribution in [3.05, 3.63) is 78.0 Å². The number of carbonyl (C=O) groups is 1. The SMILES string of the molecule is O=C1/C(=c2\c(=O)c3ccc(Cl)c4c(Br)ccc2c43)Sc2cc(Cl)ccc21. The molecule has 0 aliphatic carbocycles. The van der Waals surface area contributed by atoms with Gasteiger partial charge in [0, 0.05) is 46.4 Å². The van der Waals surface area contributed by atoms with Gasteiger partial charge in [0.25, 0.3) is 0 Å². The first-order valence-electron chi connectivity index (χ1n) is 7.69. The Labute approximate surface area is 170 Å². The van der Waals surface area contributed by atoms with Crippen LogP contribution < -0.4 is 10.6 Å². The molecule has 0 bridgehead atoms. The van der Waals surface area contributed by atoms with Crippen LogP contribution in [0, 0.1) is 0 Å². The fourth-order valence-electron chi connectivity index (χ4n) is 3.50. The molecule has 0 aromatic heterocycles. The molecule has 1 aliphatic rings. The molecular weight excluding hydrogens is 455 g/mol. The quantitative estimate of drug-likeness (QED) is 0.338. The van der Waals surface area contributed by atoms with Crippen molar-refractivity contribution in [3.8, 4) is 0 Å². The fraction of sp³-hybridized carbons (Fsp3) is 0. The first-order valence-corrected chi connectivity index (χ1v) is 10.1. The van der Waals surface area contributed by atoms with E-state index in [9.17, 15) is 9.59 Å². The van der Waals surface area contributed by atoms with E-state index in [2.05, 4.69) is 15.9 Å². The predicted octanol–water partition coefficient (Wildman–Crippen LogP) is 5.68. The maximum Gasteiger partial charge on any atom is 0.201 e. The molecule has 4 aromatic carbocycles. The molecule has 2 nitrogen and oxygen atoms in total. The largest absolute Gasteiger partial charge is 0.289 e. The molecule has 1 aliphatic heterocycles. The third-order valence-electron chi connectivity index (χ3n) is 4.63. The van der Waals surface area contributed by atoms with E-state index in [1.165, 1.54) is 11.8 Å². The second kappa shape index (κ2) is 5.70. The second-order valence-corrected chi connectivity index (χ2v) is 8.79. The molecule has 0 radical (unpaired) electrons. The van der Waals surface area contributed by atoms with Crippen LogP contribution in [0.25, 0.3) is 26.5 Å². The van der Waals surface area contributed by atoms with Crippen molar-refractivity contribution in [2.75, 3.05) is 0 Å². The molecule has 6 heteroatoms. The summed E-state index contributed by atoms with van der Waals surface area (Å²) in [6.45, 7) is 0. The van der Waals surface area contributed by atoms with Crippen LogP contribution in [0.4, 0.5) is 0 Å². The number of halogens is 3. The van der Waals surface area contributed by atoms with Gasteiger partial charge in [-0.05, 0) is 41.8 Å². The minimum absolute atomic E-state index is 0.139. The van der Waals surface area contributed by atoms with Gasteiger partial charge in [-0.2, -0.15) is 0 Å². The first kappa shape index (κ1) is 16.6. The topological polar surface area (TPSA) is 34.1 Å². The highest BCUT2D eigenvalue weighted by Gasteiger charge is 2.29. The molecule has 0 saturated heterocycles. The van der Waals surface area contributed by atoms with E-state index in [1.807, 2.05) is 12.1 Å². The van der Waals surface area contributed by atoms with Crippen molar-refractivity contribution < 1.29 is 4.79 Å². The van der Waals surface area contributed by atoms with Crippen molar-refractivity contribution in [2.45, 2.75) is 4.90 Å². The molecule has 0 N–H and O–H groups in total. The summed E-state index contributed by atoms with van der Waals surface area (Å²) >= 11 is 17.2. The van der Waals surface area contributed by atoms with Gasteiger partial charge in [0.05, 0.1) is 4.91 Å². The lowest BCUT2D eigenvalue weighted by Crippen LogP contribution is -2.23. The van der Waals surface area contributed by atoms with Crippen molar-refractivity contribution in [2.24, 2.45) is 0 Å². The molecule has 5 rings (SSSR count). The van der Waals surface area contributed by atoms with Gasteiger partial charge in [0.1, 0.15) is 0 Å². The zero-order valence-electron chi connectivity index (χ0n) is 12.9. The van der Waals surface area contributed by atoms with Gasteiger partial charge in [-0.3, -0.25) is 9.59 Å². The van der Waals surface area contributed by atoms with Crippen LogP contribution in [0.15, 0.2) is 56.6 Å². The Balaban J connectivity index is 1.98. The van der Waals surface area contributed by atoms with E-state index in [-0.39, 0.29) is 11.2 Å². The zero-order chi connectivity index (χ0) is 18.2. The molecule has 126 valence electrons. The number of carbonyl (C=O) groups excluding carboxylic acids is 1. The van der Waals surface area contributed by atoms with Gasteiger partial charge in [0.15, 0.2) is 5.43 Å². The summed E-state index contributed by atoms with van der Waals surface area (Å²) in [6, 6.07) is 12.3. The van der Waals surface area contributed by atoms with Crippen molar-refractivity contribution in [1.82, 2.24) is 0 Å². The lowest BCUT2D eigenvalue weighted by molar-refractivity contribution is 0.105. The van der Waals surface area contributed by atoms with E-state index in [1.54, 1.807) is 30.3 Å². The van der Waals surface area contributed by atoms with Crippen LogP contribution in [-0.4, -0.2) is 5.78 Å². The molecule has 26 heavy (non-hydrogen) atoms. The number of ketones is 1. The summed E-state index contributed by atoms with van der Waals surface area (Å²) in [4.78, 5) is 27.3. The predicted molar refractivity (Wildman–Crippen MR) is 112 cm³/mol. The Morgan fingerprint density at radius 1 is 0.885 bits per heavy atom. The van der Waals surface area contributed by atoms with Gasteiger partial charge in [-0.1, -0.05) is 57.0 Å². The Kier molecular flexibility index (Phi) is 3.63. The number of rotatable bonds is 0. The molecule has 0 atom stereocenters. The molecule has 0 spiro atoms. The van der Waals surface area contributed by atoms with E-state index in [0.29, 0.717) is 31.1 Å². The molecule has 0 amide bonds. The van der Waals surface area contributed by atoms with Crippen LogP contribution in [0.5, 0.6) is 0 Å². The third kappa shape index (κ3) is 2.13. The fourth-order valence-corrected chi connectivity index (χ4v) is 5.84. The van der Waals surface area contributed by atoms with Gasteiger partial charge in [0.2, 0.25) is 5.78 Å². The van der Waals surface area contributed by atoms with Crippen LogP contribution in [0.2, 0.25) is 10.0 Å². The molecular formula is C20H7BrCl2O2S. The Morgan fingerprint density at radius 2 is 1.65 bits per heavy atom. The summed E-state index contributed by atoms with van der Waals surface area (Å²) in [5.74, 6) is -0.139. The maximum atomic E-state index is 13.1. The van der Waals surface area contributed by atoms with Gasteiger partial charge < -0.3 is 0 Å². The Morgan fingerprint density at radius 3 is 2.46 bits per heavy atom. The summed E-state index contributed by atoms with van der Waals surface area (Å²) in [5.41, 5.74) is 0.437. The van der Waals surface area contributed by atoms with E-state index in [4.69, 9.17) is 23.2 Å². The van der Waals surface area contributed by atoms with Crippen LogP contribution in [0.3, 0.4) is 0 Å². The van der Waals surface area contributed by atoms with Crippen molar-refractivity contribution in [3.63, 3.8) is 0 Å². The summed E-state index contributed by atoms with van der Waals surface area (Å²) in [6.07, 6.45) is 0. The van der Waals surface area contributed by atoms with Crippen molar-refractivity contribution in [1.29, 1.82) is 0 Å². The number of thioether (sulfide) groups is 1. The van der Waals surface area contributed by atoms with Crippen LogP contribution in [-0.2, 0) is 0 Å². The first-order chi connectivity index (χ1) is 12.5. The number of hydrogen-bond acceptors (Lipinski definition) is 3. The number of benzene rings is 3. The highest BCUT2D eigenvalue weighted by molar-refractivity contribution is 9.10. The Bertz CT molecular complexity index is 1370. The highest BCUT2D eigenvalue weighted by Crippen LogP contribution is 2.42. The smallest absolute Gasteiger partial charge is 0.201 e. The summed E-state index contributed by atoms with van der Waals surface area (Å²) < 4.78 is 0.822. The van der Waals surface area contributed by atoms with Crippen LogP contribution in [0.1, 0.15) is 10.4 Å². The lowest BCUT2D eigenvalue weighted by Gasteiger charge is -2.03. The lowest BCUT2D eigenvalue weighted by atomic mass is 10.1. The normalized spacial score (nSPS) is 16.0. The maximum absolute atomic E-state index is 13.1. The van der Waals surface area contributed by atoms with E-state index >= 15 is 0 Å². The van der Waals surface area contributed by atoms with Gasteiger partial charge in [-0.15, -0.1) is 0 Å². The minimum Gasteiger partial charge on any atom is -0.289 e. The standard InChI is InChI=1S/C20H7BrCl2O2S/c21-12-5-3-10-15-11(4-6-13(23)17(12)15)18(24)16(10)20-19(25)9-2-1-8(22)7-14(9)26-20/h1-7H/b20-16+. The average Bonchev–Trinajstić information content (AvgIpc) is 3.07. The van der Waals surface area contributed by atoms with Crippen molar-refractivity contribution >= 4 is 83.1 Å². The Hall–Kier alpha value is -1.59. The molecule has 0 unspecified atom stereocenters. The monoisotopic (exact) mass is 460 g/mol. The molecule has 1 heterocycles. The minimum atomic E-state index is -0.144. The van der Waals surface area contributed by atoms with Gasteiger partial charge >= 0.3 is 0 Å². The highest BCUT2D eigenvalue weighted by atomic mass is 79.9. The van der Waals surface area contributed by atoms with Crippen LogP contribution >= 0.6 is 50.9 Å². The average molecular weight is 462 g/mol. The van der Waals surface area contributed by atoms with E-state index < -0.39 is 0 Å². The second-order valence-electron chi connectivity index (χ2n) is 6.04. The van der Waals surface area contributed by atoms with E-state index in [0.717, 1.165) is 25.5 Å². The molecule has 4 aromatic rings.